The number of alkyl halides is 1. The highest BCUT2D eigenvalue weighted by molar-refractivity contribution is 5.97. The van der Waals surface area contributed by atoms with E-state index in [2.05, 4.69) is 29.8 Å². The minimum absolute atomic E-state index is 0.0197. The number of unbranched alkanes of at least 4 members (excludes halogenated alkanes) is 1. The predicted molar refractivity (Wildman–Crippen MR) is 152 cm³/mol. The van der Waals surface area contributed by atoms with E-state index in [-0.39, 0.29) is 43.1 Å². The molecule has 0 saturated carbocycles. The third-order valence-electron chi connectivity index (χ3n) is 6.96. The van der Waals surface area contributed by atoms with Gasteiger partial charge in [0.1, 0.15) is 11.4 Å². The van der Waals surface area contributed by atoms with Gasteiger partial charge in [0.05, 0.1) is 0 Å². The number of hydrogen-bond acceptors (Lipinski definition) is 6. The number of rotatable bonds is 16. The van der Waals surface area contributed by atoms with Crippen LogP contribution in [0.2, 0.25) is 0 Å². The maximum absolute atomic E-state index is 14.5. The van der Waals surface area contributed by atoms with Gasteiger partial charge in [0.2, 0.25) is 5.91 Å². The molecule has 39 heavy (non-hydrogen) atoms. The Morgan fingerprint density at radius 3 is 2.82 bits per heavy atom. The third kappa shape index (κ3) is 9.51. The summed E-state index contributed by atoms with van der Waals surface area (Å²) in [5.41, 5.74) is 3.24. The molecule has 4 N–H and O–H groups in total. The molecule has 0 fully saturated rings. The van der Waals surface area contributed by atoms with Gasteiger partial charge in [0, 0.05) is 38.5 Å². The number of fused-ring (bicyclic) bond motifs is 1. The molecule has 0 aromatic heterocycles. The van der Waals surface area contributed by atoms with Gasteiger partial charge in [-0.3, -0.25) is 14.9 Å². The Hall–Kier alpha value is -3.17. The van der Waals surface area contributed by atoms with Gasteiger partial charge in [0.15, 0.2) is 18.7 Å². The smallest absolute Gasteiger partial charge is 0.262 e. The summed E-state index contributed by atoms with van der Waals surface area (Å²) < 4.78 is 20.0. The average molecular weight is 543 g/mol. The number of ether oxygens (including phenoxy) is 1. The van der Waals surface area contributed by atoms with Crippen molar-refractivity contribution in [2.24, 2.45) is 0 Å². The number of carbonyl (C=O) groups excluding carboxylic acids is 2. The maximum Gasteiger partial charge on any atom is 0.262 e. The Bertz CT molecular complexity index is 1100. The highest BCUT2D eigenvalue weighted by Gasteiger charge is 2.23. The van der Waals surface area contributed by atoms with Gasteiger partial charge < -0.3 is 25.4 Å². The fourth-order valence-electron chi connectivity index (χ4n) is 4.80. The minimum atomic E-state index is -1.20. The molecular weight excluding hydrogens is 499 g/mol. The van der Waals surface area contributed by atoms with E-state index in [1.54, 1.807) is 12.1 Å². The zero-order chi connectivity index (χ0) is 28.2. The number of amides is 2. The molecule has 2 aromatic rings. The third-order valence-corrected chi connectivity index (χ3v) is 6.96. The van der Waals surface area contributed by atoms with E-state index < -0.39 is 6.30 Å². The van der Waals surface area contributed by atoms with E-state index in [9.17, 15) is 19.1 Å². The zero-order valence-corrected chi connectivity index (χ0v) is 23.4. The second-order valence-electron chi connectivity index (χ2n) is 10.2. The van der Waals surface area contributed by atoms with Crippen LogP contribution in [0.25, 0.3) is 0 Å². The van der Waals surface area contributed by atoms with E-state index in [1.165, 1.54) is 0 Å². The van der Waals surface area contributed by atoms with Crippen molar-refractivity contribution in [2.75, 3.05) is 38.1 Å². The van der Waals surface area contributed by atoms with Crippen LogP contribution in [0.1, 0.15) is 56.2 Å². The summed E-state index contributed by atoms with van der Waals surface area (Å²) in [6, 6.07) is 11.3. The molecule has 0 saturated heterocycles. The molecule has 8 nitrogen and oxygen atoms in total. The van der Waals surface area contributed by atoms with Crippen LogP contribution in [0.4, 0.5) is 10.1 Å². The van der Waals surface area contributed by atoms with Gasteiger partial charge in [-0.2, -0.15) is 0 Å². The first-order valence-corrected chi connectivity index (χ1v) is 14.0. The van der Waals surface area contributed by atoms with E-state index in [0.717, 1.165) is 36.0 Å². The molecule has 1 aliphatic heterocycles. The first kappa shape index (κ1) is 30.4. The van der Waals surface area contributed by atoms with Gasteiger partial charge in [-0.15, -0.1) is 0 Å². The first-order chi connectivity index (χ1) is 18.8. The number of carbonyl (C=O) groups is 2. The lowest BCUT2D eigenvalue weighted by Gasteiger charge is -2.30. The van der Waals surface area contributed by atoms with Crippen molar-refractivity contribution < 1.29 is 23.8 Å². The maximum atomic E-state index is 14.5. The molecule has 2 aromatic carbocycles. The molecule has 2 unspecified atom stereocenters. The van der Waals surface area contributed by atoms with Crippen molar-refractivity contribution in [3.8, 4) is 11.5 Å². The summed E-state index contributed by atoms with van der Waals surface area (Å²) in [6.45, 7) is 8.23. The van der Waals surface area contributed by atoms with Crippen LogP contribution in [0.5, 0.6) is 11.5 Å². The normalized spacial score (nSPS) is 14.2. The number of benzene rings is 2. The molecule has 1 aliphatic rings. The highest BCUT2D eigenvalue weighted by Crippen LogP contribution is 2.39. The van der Waals surface area contributed by atoms with Gasteiger partial charge in [-0.1, -0.05) is 55.7 Å². The SMILES string of the molecule is CCCCC(C)N(CCNCCc1ccc(O)c2c1OCC(=O)N2)C(=O)CCNC(F)Cc1cccc(C)c1. The summed E-state index contributed by atoms with van der Waals surface area (Å²) >= 11 is 0. The second kappa shape index (κ2) is 15.4. The molecular formula is C30H43FN4O4. The number of hydrogen-bond donors (Lipinski definition) is 4. The summed E-state index contributed by atoms with van der Waals surface area (Å²) in [5.74, 6) is 0.210. The van der Waals surface area contributed by atoms with Gasteiger partial charge in [-0.25, -0.2) is 4.39 Å². The monoisotopic (exact) mass is 542 g/mol. The van der Waals surface area contributed by atoms with Crippen LogP contribution in [-0.4, -0.2) is 66.9 Å². The molecule has 214 valence electrons. The summed E-state index contributed by atoms with van der Waals surface area (Å²) in [5, 5.41) is 18.9. The molecule has 0 spiro atoms. The van der Waals surface area contributed by atoms with Crippen LogP contribution in [0, 0.1) is 6.92 Å². The van der Waals surface area contributed by atoms with Crippen molar-refractivity contribution in [1.29, 1.82) is 0 Å². The van der Waals surface area contributed by atoms with Crippen molar-refractivity contribution >= 4 is 17.5 Å². The molecule has 0 radical (unpaired) electrons. The Balaban J connectivity index is 1.45. The zero-order valence-electron chi connectivity index (χ0n) is 23.4. The second-order valence-corrected chi connectivity index (χ2v) is 10.2. The Morgan fingerprint density at radius 1 is 1.23 bits per heavy atom. The molecule has 2 amide bonds. The predicted octanol–water partition coefficient (Wildman–Crippen LogP) is 4.09. The van der Waals surface area contributed by atoms with Gasteiger partial charge >= 0.3 is 0 Å². The fraction of sp³-hybridized carbons (Fsp3) is 0.533. The van der Waals surface area contributed by atoms with E-state index in [4.69, 9.17) is 4.74 Å². The van der Waals surface area contributed by atoms with Crippen LogP contribution >= 0.6 is 0 Å². The van der Waals surface area contributed by atoms with Crippen molar-refractivity contribution in [1.82, 2.24) is 15.5 Å². The van der Waals surface area contributed by atoms with E-state index in [1.807, 2.05) is 36.1 Å². The lowest BCUT2D eigenvalue weighted by Crippen LogP contribution is -2.44. The number of phenolic OH excluding ortho intramolecular Hbond substituents is 1. The first-order valence-electron chi connectivity index (χ1n) is 14.0. The number of phenols is 1. The topological polar surface area (TPSA) is 103 Å². The quantitative estimate of drug-likeness (QED) is 0.145. The number of nitrogens with one attached hydrogen (secondary N) is 3. The lowest BCUT2D eigenvalue weighted by molar-refractivity contribution is -0.133. The van der Waals surface area contributed by atoms with Crippen molar-refractivity contribution in [3.05, 3.63) is 53.1 Å². The minimum Gasteiger partial charge on any atom is -0.506 e. The number of nitrogens with zero attached hydrogens (tertiary/aromatic N) is 1. The van der Waals surface area contributed by atoms with Crippen molar-refractivity contribution in [2.45, 2.75) is 71.6 Å². The number of halogens is 1. The largest absolute Gasteiger partial charge is 0.506 e. The molecule has 1 heterocycles. The molecule has 3 rings (SSSR count). The lowest BCUT2D eigenvalue weighted by atomic mass is 10.1. The van der Waals surface area contributed by atoms with Crippen LogP contribution in [0.3, 0.4) is 0 Å². The van der Waals surface area contributed by atoms with Gasteiger partial charge in [0.25, 0.3) is 5.91 Å². The van der Waals surface area contributed by atoms with E-state index in [0.29, 0.717) is 44.0 Å². The molecule has 2 atom stereocenters. The van der Waals surface area contributed by atoms with Crippen molar-refractivity contribution in [3.63, 3.8) is 0 Å². The summed E-state index contributed by atoms with van der Waals surface area (Å²) in [6.07, 6.45) is 3.00. The van der Waals surface area contributed by atoms with Crippen LogP contribution < -0.4 is 20.7 Å². The number of aryl methyl sites for hydroxylation is 1. The van der Waals surface area contributed by atoms with Crippen LogP contribution in [0.15, 0.2) is 36.4 Å². The highest BCUT2D eigenvalue weighted by atomic mass is 19.1. The molecule has 0 bridgehead atoms. The Morgan fingerprint density at radius 2 is 2.05 bits per heavy atom. The number of anilines is 1. The van der Waals surface area contributed by atoms with E-state index >= 15 is 0 Å². The van der Waals surface area contributed by atoms with Gasteiger partial charge in [-0.05, 0) is 50.4 Å². The standard InChI is InChI=1S/C30H43FN4O4/c1-4-5-8-22(3)35(28(38)13-15-33-26(31)19-23-9-6-7-21(2)18-23)17-16-32-14-12-24-10-11-25(36)29-30(24)39-20-27(37)34-29/h6-7,9-11,18,22,26,32-33,36H,4-5,8,12-17,19-20H2,1-3H3,(H,34,37). The fourth-order valence-corrected chi connectivity index (χ4v) is 4.80. The average Bonchev–Trinajstić information content (AvgIpc) is 2.90. The number of aromatic hydroxyl groups is 1. The molecule has 9 heteroatoms. The molecule has 0 aliphatic carbocycles. The Labute approximate surface area is 231 Å². The summed E-state index contributed by atoms with van der Waals surface area (Å²) in [4.78, 5) is 26.6. The summed E-state index contributed by atoms with van der Waals surface area (Å²) in [7, 11) is 0. The van der Waals surface area contributed by atoms with Crippen LogP contribution in [-0.2, 0) is 22.4 Å². The Kier molecular flexibility index (Phi) is 12.0.